The predicted octanol–water partition coefficient (Wildman–Crippen LogP) is 5.90. The summed E-state index contributed by atoms with van der Waals surface area (Å²) in [5, 5.41) is 2.18. The van der Waals surface area contributed by atoms with Gasteiger partial charge in [-0.25, -0.2) is 4.79 Å². The fourth-order valence-corrected chi connectivity index (χ4v) is 4.90. The summed E-state index contributed by atoms with van der Waals surface area (Å²) in [6, 6.07) is 17.7. The van der Waals surface area contributed by atoms with E-state index in [-0.39, 0.29) is 17.6 Å². The lowest BCUT2D eigenvalue weighted by molar-refractivity contribution is -0.138. The molecule has 0 aliphatic heterocycles. The number of carbonyl (C=O) groups excluding carboxylic acids is 1. The standard InChI is InChI=1S/C24H28O3Si/c1-24(2,3)28(4,5)23-20(19-13-9-10-14-21(19)27-23)15-16-22(25)26-17-18-11-7-6-8-12-18/h6-16H,17H2,1-5H3/b16-15+. The van der Waals surface area contributed by atoms with E-state index in [0.717, 1.165) is 27.5 Å². The second-order valence-corrected chi connectivity index (χ2v) is 13.8. The van der Waals surface area contributed by atoms with Crippen molar-refractivity contribution < 1.29 is 13.9 Å². The van der Waals surface area contributed by atoms with Gasteiger partial charge in [0.15, 0.2) is 0 Å². The van der Waals surface area contributed by atoms with Crippen LogP contribution in [0.15, 0.2) is 65.1 Å². The predicted molar refractivity (Wildman–Crippen MR) is 118 cm³/mol. The molecule has 0 aliphatic rings. The van der Waals surface area contributed by atoms with Gasteiger partial charge < -0.3 is 9.15 Å². The first-order chi connectivity index (χ1) is 13.2. The van der Waals surface area contributed by atoms with E-state index in [4.69, 9.17) is 9.15 Å². The van der Waals surface area contributed by atoms with E-state index >= 15 is 0 Å². The zero-order chi connectivity index (χ0) is 20.4. The average Bonchev–Trinajstić information content (AvgIpc) is 3.04. The van der Waals surface area contributed by atoms with Crippen LogP contribution in [0.3, 0.4) is 0 Å². The molecule has 3 nitrogen and oxygen atoms in total. The van der Waals surface area contributed by atoms with Crippen molar-refractivity contribution in [3.05, 3.63) is 71.8 Å². The van der Waals surface area contributed by atoms with Gasteiger partial charge in [-0.2, -0.15) is 0 Å². The van der Waals surface area contributed by atoms with Crippen LogP contribution < -0.4 is 5.38 Å². The van der Waals surface area contributed by atoms with Crippen LogP contribution in [0.25, 0.3) is 17.0 Å². The van der Waals surface area contributed by atoms with Crippen molar-refractivity contribution in [2.75, 3.05) is 0 Å². The molecule has 1 aromatic heterocycles. The highest BCUT2D eigenvalue weighted by molar-refractivity contribution is 6.91. The van der Waals surface area contributed by atoms with Gasteiger partial charge in [0, 0.05) is 17.0 Å². The lowest BCUT2D eigenvalue weighted by Crippen LogP contribution is -2.49. The van der Waals surface area contributed by atoms with Gasteiger partial charge >= 0.3 is 5.97 Å². The molecule has 3 rings (SSSR count). The van der Waals surface area contributed by atoms with Gasteiger partial charge in [-0.05, 0) is 22.7 Å². The Morgan fingerprint density at radius 1 is 1.04 bits per heavy atom. The first-order valence-electron chi connectivity index (χ1n) is 9.61. The first-order valence-corrected chi connectivity index (χ1v) is 12.6. The molecule has 28 heavy (non-hydrogen) atoms. The number of fused-ring (bicyclic) bond motifs is 1. The Labute approximate surface area is 168 Å². The van der Waals surface area contributed by atoms with Crippen LogP contribution in [-0.4, -0.2) is 14.0 Å². The molecule has 4 heteroatoms. The van der Waals surface area contributed by atoms with Gasteiger partial charge in [-0.3, -0.25) is 0 Å². The molecule has 0 atom stereocenters. The topological polar surface area (TPSA) is 39.4 Å². The fourth-order valence-electron chi connectivity index (χ4n) is 2.96. The number of esters is 1. The lowest BCUT2D eigenvalue weighted by atomic mass is 10.1. The highest BCUT2D eigenvalue weighted by atomic mass is 28.3. The third kappa shape index (κ3) is 4.12. The van der Waals surface area contributed by atoms with E-state index < -0.39 is 8.07 Å². The maximum absolute atomic E-state index is 12.3. The summed E-state index contributed by atoms with van der Waals surface area (Å²) < 4.78 is 11.7. The molecule has 0 amide bonds. The Bertz CT molecular complexity index is 992. The molecule has 0 radical (unpaired) electrons. The number of ether oxygens (including phenoxy) is 1. The van der Waals surface area contributed by atoms with Crippen molar-refractivity contribution >= 4 is 36.5 Å². The highest BCUT2D eigenvalue weighted by Gasteiger charge is 2.41. The SMILES string of the molecule is CC(C)(C)[Si](C)(C)c1oc2ccccc2c1/C=C/C(=O)OCc1ccccc1. The molecule has 0 unspecified atom stereocenters. The Morgan fingerprint density at radius 3 is 2.36 bits per heavy atom. The summed E-state index contributed by atoms with van der Waals surface area (Å²) in [7, 11) is -1.92. The number of hydrogen-bond donors (Lipinski definition) is 0. The van der Waals surface area contributed by atoms with Crippen molar-refractivity contribution in [3.8, 4) is 0 Å². The first kappa shape index (κ1) is 20.1. The van der Waals surface area contributed by atoms with Crippen LogP contribution in [0, 0.1) is 0 Å². The molecule has 0 N–H and O–H groups in total. The van der Waals surface area contributed by atoms with Crippen LogP contribution in [0.5, 0.6) is 0 Å². The molecule has 3 aromatic rings. The number of benzene rings is 2. The summed E-state index contributed by atoms with van der Waals surface area (Å²) >= 11 is 0. The number of para-hydroxylation sites is 1. The van der Waals surface area contributed by atoms with Crippen LogP contribution in [-0.2, 0) is 16.1 Å². The zero-order valence-corrected chi connectivity index (χ0v) is 18.3. The highest BCUT2D eigenvalue weighted by Crippen LogP contribution is 2.38. The number of rotatable bonds is 5. The summed E-state index contributed by atoms with van der Waals surface area (Å²) in [6.07, 6.45) is 3.37. The van der Waals surface area contributed by atoms with Gasteiger partial charge in [0.25, 0.3) is 0 Å². The summed E-state index contributed by atoms with van der Waals surface area (Å²) in [5.74, 6) is -0.352. The van der Waals surface area contributed by atoms with E-state index in [1.807, 2.05) is 60.7 Å². The lowest BCUT2D eigenvalue weighted by Gasteiger charge is -2.35. The molecule has 0 saturated heterocycles. The largest absolute Gasteiger partial charge is 0.466 e. The minimum Gasteiger partial charge on any atom is -0.466 e. The van der Waals surface area contributed by atoms with Gasteiger partial charge in [0.1, 0.15) is 20.3 Å². The Kier molecular flexibility index (Phi) is 5.61. The molecule has 146 valence electrons. The summed E-state index contributed by atoms with van der Waals surface area (Å²) in [6.45, 7) is 11.7. The minimum absolute atomic E-state index is 0.122. The van der Waals surface area contributed by atoms with Gasteiger partial charge in [-0.1, -0.05) is 82.4 Å². The third-order valence-electron chi connectivity index (χ3n) is 5.69. The molecule has 0 aliphatic carbocycles. The monoisotopic (exact) mass is 392 g/mol. The second kappa shape index (κ2) is 7.80. The van der Waals surface area contributed by atoms with Gasteiger partial charge in [-0.15, -0.1) is 0 Å². The number of furan rings is 1. The average molecular weight is 393 g/mol. The number of carbonyl (C=O) groups is 1. The molecule has 0 bridgehead atoms. The Balaban J connectivity index is 1.90. The minimum atomic E-state index is -1.92. The quantitative estimate of drug-likeness (QED) is 0.308. The van der Waals surface area contributed by atoms with E-state index in [1.54, 1.807) is 0 Å². The van der Waals surface area contributed by atoms with Crippen molar-refractivity contribution in [1.82, 2.24) is 0 Å². The molecule has 0 fully saturated rings. The smallest absolute Gasteiger partial charge is 0.331 e. The second-order valence-electron chi connectivity index (χ2n) is 8.64. The van der Waals surface area contributed by atoms with E-state index in [2.05, 4.69) is 33.9 Å². The van der Waals surface area contributed by atoms with Crippen molar-refractivity contribution in [3.63, 3.8) is 0 Å². The molecule has 2 aromatic carbocycles. The van der Waals surface area contributed by atoms with Crippen molar-refractivity contribution in [1.29, 1.82) is 0 Å². The van der Waals surface area contributed by atoms with Gasteiger partial charge in [0.05, 0.1) is 5.38 Å². The van der Waals surface area contributed by atoms with Crippen molar-refractivity contribution in [2.24, 2.45) is 0 Å². The van der Waals surface area contributed by atoms with E-state index in [9.17, 15) is 4.79 Å². The Morgan fingerprint density at radius 2 is 1.68 bits per heavy atom. The maximum Gasteiger partial charge on any atom is 0.331 e. The molecule has 1 heterocycles. The third-order valence-corrected chi connectivity index (χ3v) is 10.9. The Hall–Kier alpha value is -2.59. The normalized spacial score (nSPS) is 12.6. The van der Waals surface area contributed by atoms with Crippen molar-refractivity contribution in [2.45, 2.75) is 45.5 Å². The van der Waals surface area contributed by atoms with Crippen LogP contribution in [0.4, 0.5) is 0 Å². The van der Waals surface area contributed by atoms with Gasteiger partial charge in [0.2, 0.25) is 0 Å². The summed E-state index contributed by atoms with van der Waals surface area (Å²) in [5.41, 5.74) is 2.83. The summed E-state index contributed by atoms with van der Waals surface area (Å²) in [4.78, 5) is 12.3. The van der Waals surface area contributed by atoms with E-state index in [0.29, 0.717) is 0 Å². The molecule has 0 saturated carbocycles. The van der Waals surface area contributed by atoms with Crippen LogP contribution in [0.1, 0.15) is 31.9 Å². The zero-order valence-electron chi connectivity index (χ0n) is 17.3. The molecular formula is C24H28O3Si. The van der Waals surface area contributed by atoms with Crippen LogP contribution in [0.2, 0.25) is 18.1 Å². The molecule has 0 spiro atoms. The fraction of sp³-hybridized carbons (Fsp3) is 0.292. The van der Waals surface area contributed by atoms with E-state index in [1.165, 1.54) is 6.08 Å². The number of hydrogen-bond acceptors (Lipinski definition) is 3. The molecular weight excluding hydrogens is 364 g/mol. The van der Waals surface area contributed by atoms with Crippen LogP contribution >= 0.6 is 0 Å². The maximum atomic E-state index is 12.3.